The molecule has 3 aromatic carbocycles. The van der Waals surface area contributed by atoms with Gasteiger partial charge >= 0.3 is 0 Å². The van der Waals surface area contributed by atoms with E-state index in [0.29, 0.717) is 6.61 Å². The van der Waals surface area contributed by atoms with Crippen LogP contribution in [0, 0.1) is 5.92 Å². The van der Waals surface area contributed by atoms with Crippen LogP contribution in [0.2, 0.25) is 5.04 Å². The molecule has 0 spiro atoms. The predicted octanol–water partition coefficient (Wildman–Crippen LogP) is 7.31. The Morgan fingerprint density at radius 1 is 0.833 bits per heavy atom. The van der Waals surface area contributed by atoms with Gasteiger partial charge in [0.15, 0.2) is 0 Å². The van der Waals surface area contributed by atoms with Crippen molar-refractivity contribution in [2.24, 2.45) is 5.92 Å². The molecule has 0 heterocycles. The first-order chi connectivity index (χ1) is 17.3. The lowest BCUT2D eigenvalue weighted by molar-refractivity contribution is -0.119. The predicted molar refractivity (Wildman–Crippen MR) is 155 cm³/mol. The van der Waals surface area contributed by atoms with Gasteiger partial charge in [0.2, 0.25) is 5.91 Å². The zero-order valence-corrected chi connectivity index (χ0v) is 23.7. The van der Waals surface area contributed by atoms with E-state index in [1.54, 1.807) is 0 Å². The normalized spacial score (nSPS) is 12.8. The summed E-state index contributed by atoms with van der Waals surface area (Å²) in [5, 5.41) is 5.58. The summed E-state index contributed by atoms with van der Waals surface area (Å²) in [6, 6.07) is 29.5. The van der Waals surface area contributed by atoms with Crippen molar-refractivity contribution in [2.45, 2.75) is 78.4 Å². The molecule has 0 radical (unpaired) electrons. The van der Waals surface area contributed by atoms with Crippen molar-refractivity contribution in [3.05, 3.63) is 90.5 Å². The number of hydrogen-bond donors (Lipinski definition) is 1. The fraction of sp³-hybridized carbons (Fsp3) is 0.406. The van der Waals surface area contributed by atoms with Crippen LogP contribution in [-0.4, -0.2) is 14.2 Å². The van der Waals surface area contributed by atoms with E-state index in [1.165, 1.54) is 29.6 Å². The minimum atomic E-state index is -2.58. The second kappa shape index (κ2) is 13.0. The molecule has 1 amide bonds. The Kier molecular flexibility index (Phi) is 10.1. The molecule has 0 aromatic heterocycles. The van der Waals surface area contributed by atoms with Gasteiger partial charge in [0.25, 0.3) is 8.32 Å². The quantitative estimate of drug-likeness (QED) is 0.209. The van der Waals surface area contributed by atoms with Crippen LogP contribution in [0.4, 0.5) is 5.69 Å². The molecule has 4 heteroatoms. The molecule has 0 bridgehead atoms. The third-order valence-corrected chi connectivity index (χ3v) is 12.0. The molecule has 0 aliphatic heterocycles. The molecule has 0 aliphatic rings. The Morgan fingerprint density at radius 3 is 1.89 bits per heavy atom. The van der Waals surface area contributed by atoms with E-state index < -0.39 is 8.32 Å². The van der Waals surface area contributed by atoms with E-state index in [9.17, 15) is 4.79 Å². The molecule has 3 nitrogen and oxygen atoms in total. The average molecular weight is 502 g/mol. The molecule has 1 atom stereocenters. The van der Waals surface area contributed by atoms with Crippen molar-refractivity contribution < 1.29 is 9.22 Å². The molecule has 0 fully saturated rings. The van der Waals surface area contributed by atoms with Gasteiger partial charge in [0.1, 0.15) is 0 Å². The number of amides is 1. The van der Waals surface area contributed by atoms with Crippen molar-refractivity contribution in [1.29, 1.82) is 0 Å². The number of nitrogens with one attached hydrogen (secondary N) is 1. The van der Waals surface area contributed by atoms with Gasteiger partial charge in [-0.25, -0.2) is 0 Å². The molecule has 36 heavy (non-hydrogen) atoms. The topological polar surface area (TPSA) is 38.3 Å². The molecule has 0 aliphatic carbocycles. The number of carbonyl (C=O) groups is 1. The summed E-state index contributed by atoms with van der Waals surface area (Å²) in [6.07, 6.45) is 5.71. The van der Waals surface area contributed by atoms with E-state index in [2.05, 4.69) is 106 Å². The Morgan fingerprint density at radius 2 is 1.39 bits per heavy atom. The lowest BCUT2D eigenvalue weighted by atomic mass is 10.0. The maximum atomic E-state index is 12.6. The summed E-state index contributed by atoms with van der Waals surface area (Å²) in [7, 11) is -2.58. The smallest absolute Gasteiger partial charge is 0.261 e. The summed E-state index contributed by atoms with van der Waals surface area (Å²) < 4.78 is 7.03. The number of unbranched alkanes of at least 4 members (excludes halogenated alkanes) is 3. The molecule has 0 unspecified atom stereocenters. The fourth-order valence-electron chi connectivity index (χ4n) is 4.91. The van der Waals surface area contributed by atoms with Gasteiger partial charge in [0, 0.05) is 11.6 Å². The third kappa shape index (κ3) is 6.95. The van der Waals surface area contributed by atoms with Crippen molar-refractivity contribution in [3.8, 4) is 0 Å². The van der Waals surface area contributed by atoms with Gasteiger partial charge in [-0.2, -0.15) is 0 Å². The highest BCUT2D eigenvalue weighted by Gasteiger charge is 2.50. The molecular weight excluding hydrogens is 458 g/mol. The number of benzene rings is 3. The first-order valence-electron chi connectivity index (χ1n) is 13.4. The monoisotopic (exact) mass is 501 g/mol. The summed E-state index contributed by atoms with van der Waals surface area (Å²) in [6.45, 7) is 11.6. The van der Waals surface area contributed by atoms with Crippen LogP contribution in [0.3, 0.4) is 0 Å². The number of anilines is 1. The van der Waals surface area contributed by atoms with Crippen LogP contribution in [0.1, 0.15) is 72.3 Å². The van der Waals surface area contributed by atoms with Gasteiger partial charge in [-0.05, 0) is 39.5 Å². The second-order valence-corrected chi connectivity index (χ2v) is 15.2. The van der Waals surface area contributed by atoms with Crippen LogP contribution < -0.4 is 15.7 Å². The molecule has 1 N–H and O–H groups in total. The van der Waals surface area contributed by atoms with Crippen LogP contribution in [-0.2, 0) is 15.8 Å². The highest BCUT2D eigenvalue weighted by atomic mass is 28.4. The molecule has 0 saturated heterocycles. The van der Waals surface area contributed by atoms with Gasteiger partial charge in [-0.15, -0.1) is 0 Å². The van der Waals surface area contributed by atoms with Crippen molar-refractivity contribution >= 4 is 30.3 Å². The minimum absolute atomic E-state index is 0.0278. The van der Waals surface area contributed by atoms with Gasteiger partial charge < -0.3 is 9.74 Å². The highest BCUT2D eigenvalue weighted by Crippen LogP contribution is 2.37. The van der Waals surface area contributed by atoms with Crippen LogP contribution in [0.5, 0.6) is 0 Å². The van der Waals surface area contributed by atoms with Gasteiger partial charge in [-0.1, -0.05) is 133 Å². The largest absolute Gasteiger partial charge is 0.403 e. The number of hydrogen-bond acceptors (Lipinski definition) is 2. The van der Waals surface area contributed by atoms with E-state index in [-0.39, 0.29) is 16.9 Å². The molecule has 192 valence electrons. The summed E-state index contributed by atoms with van der Waals surface area (Å²) in [4.78, 5) is 12.6. The summed E-state index contributed by atoms with van der Waals surface area (Å²) >= 11 is 0. The average Bonchev–Trinajstić information content (AvgIpc) is 2.88. The summed E-state index contributed by atoms with van der Waals surface area (Å²) in [5.41, 5.74) is 1.95. The summed E-state index contributed by atoms with van der Waals surface area (Å²) in [5.74, 6) is 0.128. The lowest BCUT2D eigenvalue weighted by Gasteiger charge is -2.43. The lowest BCUT2D eigenvalue weighted by Crippen LogP contribution is -2.66. The van der Waals surface area contributed by atoms with E-state index in [1.807, 2.05) is 19.1 Å². The van der Waals surface area contributed by atoms with Crippen molar-refractivity contribution in [3.63, 3.8) is 0 Å². The van der Waals surface area contributed by atoms with Crippen molar-refractivity contribution in [2.75, 3.05) is 5.32 Å². The number of carbonyl (C=O) groups excluding carboxylic acids is 1. The Hall–Kier alpha value is -2.69. The maximum absolute atomic E-state index is 12.6. The fourth-order valence-corrected chi connectivity index (χ4v) is 9.45. The molecular formula is C32H43NO2Si. The van der Waals surface area contributed by atoms with E-state index in [0.717, 1.165) is 24.1 Å². The first kappa shape index (κ1) is 27.9. The first-order valence-corrected chi connectivity index (χ1v) is 15.3. The number of rotatable bonds is 12. The minimum Gasteiger partial charge on any atom is -0.403 e. The van der Waals surface area contributed by atoms with Gasteiger partial charge in [-0.3, -0.25) is 4.79 Å². The van der Waals surface area contributed by atoms with Gasteiger partial charge in [0.05, 0.1) is 6.61 Å². The van der Waals surface area contributed by atoms with Crippen LogP contribution in [0.25, 0.3) is 0 Å². The molecule has 3 aromatic rings. The molecule has 3 rings (SSSR count). The zero-order chi connectivity index (χ0) is 26.0. The van der Waals surface area contributed by atoms with Crippen molar-refractivity contribution in [1.82, 2.24) is 0 Å². The van der Waals surface area contributed by atoms with E-state index >= 15 is 0 Å². The van der Waals surface area contributed by atoms with Crippen LogP contribution in [0.15, 0.2) is 84.9 Å². The highest BCUT2D eigenvalue weighted by molar-refractivity contribution is 6.99. The third-order valence-electron chi connectivity index (χ3n) is 7.03. The van der Waals surface area contributed by atoms with Crippen LogP contribution >= 0.6 is 0 Å². The van der Waals surface area contributed by atoms with E-state index in [4.69, 9.17) is 4.43 Å². The maximum Gasteiger partial charge on any atom is 0.261 e. The molecule has 0 saturated carbocycles. The zero-order valence-electron chi connectivity index (χ0n) is 22.7. The second-order valence-electron chi connectivity index (χ2n) is 10.9. The Balaban J connectivity index is 1.74. The Labute approximate surface area is 219 Å². The SMILES string of the molecule is CCCCCC[C@H](C)C(=O)Nc1ccc(CO[Si](c2ccccc2)(c2ccccc2)C(C)(C)C)cc1. The Bertz CT molecular complexity index is 1020. The standard InChI is InChI=1S/C32H43NO2Si/c1-6-7-8-11-16-26(2)31(34)33-28-23-21-27(22-24-28)25-35-36(32(3,4)5,29-17-12-9-13-18-29)30-19-14-10-15-20-30/h9-10,12-15,17-24,26H,6-8,11,16,25H2,1-5H3,(H,33,34)/t26-/m0/s1.